The number of rotatable bonds is 6. The molecule has 0 fully saturated rings. The molecule has 1 amide bonds. The fraction of sp³-hybridized carbons (Fsp3) is 0.211. The summed E-state index contributed by atoms with van der Waals surface area (Å²) in [5, 5.41) is 12.7. The van der Waals surface area contributed by atoms with Crippen LogP contribution in [0.4, 0.5) is 0 Å². The van der Waals surface area contributed by atoms with Crippen molar-refractivity contribution in [2.75, 3.05) is 5.75 Å². The van der Waals surface area contributed by atoms with Crippen LogP contribution < -0.4 is 5.32 Å². The van der Waals surface area contributed by atoms with Gasteiger partial charge in [-0.1, -0.05) is 65.8 Å². The van der Waals surface area contributed by atoms with E-state index in [4.69, 9.17) is 11.6 Å². The number of benzene rings is 2. The van der Waals surface area contributed by atoms with Crippen molar-refractivity contribution >= 4 is 29.3 Å². The summed E-state index contributed by atoms with van der Waals surface area (Å²) in [7, 11) is 1.87. The molecule has 1 atom stereocenters. The minimum atomic E-state index is -0.0475. The molecule has 3 rings (SSSR count). The number of amides is 1. The first-order valence-electron chi connectivity index (χ1n) is 8.17. The van der Waals surface area contributed by atoms with Crippen LogP contribution >= 0.6 is 23.4 Å². The van der Waals surface area contributed by atoms with Crippen molar-refractivity contribution in [1.82, 2.24) is 20.1 Å². The van der Waals surface area contributed by atoms with Crippen LogP contribution in [0, 0.1) is 0 Å². The Bertz CT molecular complexity index is 898. The zero-order valence-corrected chi connectivity index (χ0v) is 16.1. The van der Waals surface area contributed by atoms with Crippen molar-refractivity contribution in [3.05, 3.63) is 65.2 Å². The van der Waals surface area contributed by atoms with Gasteiger partial charge in [-0.2, -0.15) is 0 Å². The maximum atomic E-state index is 12.2. The van der Waals surface area contributed by atoms with Crippen molar-refractivity contribution in [3.63, 3.8) is 0 Å². The van der Waals surface area contributed by atoms with Gasteiger partial charge in [0.1, 0.15) is 0 Å². The SMILES string of the molecule is C[C@H](NC(=O)CSc1nnc(-c2ccccc2Cl)n1C)c1ccccc1. The molecule has 0 radical (unpaired) electrons. The van der Waals surface area contributed by atoms with E-state index in [0.29, 0.717) is 16.0 Å². The van der Waals surface area contributed by atoms with Gasteiger partial charge in [0.25, 0.3) is 0 Å². The molecule has 1 heterocycles. The molecule has 0 spiro atoms. The standard InChI is InChI=1S/C19H19ClN4OS/c1-13(14-8-4-3-5-9-14)21-17(25)12-26-19-23-22-18(24(19)2)15-10-6-7-11-16(15)20/h3-11,13H,12H2,1-2H3,(H,21,25)/t13-/m0/s1. The van der Waals surface area contributed by atoms with E-state index in [-0.39, 0.29) is 17.7 Å². The first kappa shape index (κ1) is 18.5. The predicted octanol–water partition coefficient (Wildman–Crippen LogP) is 4.11. The molecular formula is C19H19ClN4OS. The van der Waals surface area contributed by atoms with E-state index in [0.717, 1.165) is 11.1 Å². The lowest BCUT2D eigenvalue weighted by atomic mass is 10.1. The van der Waals surface area contributed by atoms with Gasteiger partial charge < -0.3 is 9.88 Å². The summed E-state index contributed by atoms with van der Waals surface area (Å²) in [6, 6.07) is 17.3. The van der Waals surface area contributed by atoms with Gasteiger partial charge in [-0.05, 0) is 24.6 Å². The van der Waals surface area contributed by atoms with Crippen molar-refractivity contribution in [3.8, 4) is 11.4 Å². The molecule has 0 saturated carbocycles. The molecule has 7 heteroatoms. The number of nitrogens with zero attached hydrogens (tertiary/aromatic N) is 3. The van der Waals surface area contributed by atoms with Crippen molar-refractivity contribution < 1.29 is 4.79 Å². The molecule has 5 nitrogen and oxygen atoms in total. The zero-order chi connectivity index (χ0) is 18.5. The predicted molar refractivity (Wildman–Crippen MR) is 105 cm³/mol. The summed E-state index contributed by atoms with van der Waals surface area (Å²) in [5.74, 6) is 0.899. The maximum Gasteiger partial charge on any atom is 0.230 e. The Morgan fingerprint density at radius 1 is 1.15 bits per heavy atom. The first-order chi connectivity index (χ1) is 12.6. The van der Waals surface area contributed by atoms with Crippen LogP contribution in [-0.2, 0) is 11.8 Å². The number of hydrogen-bond donors (Lipinski definition) is 1. The molecule has 0 saturated heterocycles. The number of thioether (sulfide) groups is 1. The van der Waals surface area contributed by atoms with E-state index in [1.165, 1.54) is 11.8 Å². The Balaban J connectivity index is 1.62. The minimum Gasteiger partial charge on any atom is -0.349 e. The highest BCUT2D eigenvalue weighted by Gasteiger charge is 2.15. The number of halogens is 1. The Kier molecular flexibility index (Phi) is 5.96. The second-order valence-electron chi connectivity index (χ2n) is 5.83. The van der Waals surface area contributed by atoms with Gasteiger partial charge in [0.15, 0.2) is 11.0 Å². The van der Waals surface area contributed by atoms with Crippen LogP contribution in [0.5, 0.6) is 0 Å². The van der Waals surface area contributed by atoms with E-state index in [1.807, 2.05) is 73.1 Å². The van der Waals surface area contributed by atoms with Gasteiger partial charge in [0.05, 0.1) is 16.8 Å². The Morgan fingerprint density at radius 2 is 1.85 bits per heavy atom. The van der Waals surface area contributed by atoms with E-state index < -0.39 is 0 Å². The molecule has 2 aromatic carbocycles. The van der Waals surface area contributed by atoms with E-state index in [9.17, 15) is 4.79 Å². The normalized spacial score (nSPS) is 12.0. The summed E-state index contributed by atoms with van der Waals surface area (Å²) in [6.45, 7) is 1.97. The number of hydrogen-bond acceptors (Lipinski definition) is 4. The zero-order valence-electron chi connectivity index (χ0n) is 14.5. The van der Waals surface area contributed by atoms with Gasteiger partial charge in [-0.15, -0.1) is 10.2 Å². The third-order valence-corrected chi connectivity index (χ3v) is 5.31. The summed E-state index contributed by atoms with van der Waals surface area (Å²) in [5.41, 5.74) is 1.89. The lowest BCUT2D eigenvalue weighted by molar-refractivity contribution is -0.119. The van der Waals surface area contributed by atoms with E-state index in [1.54, 1.807) is 0 Å². The van der Waals surface area contributed by atoms with Crippen molar-refractivity contribution in [1.29, 1.82) is 0 Å². The third kappa shape index (κ3) is 4.26. The molecule has 0 aliphatic heterocycles. The van der Waals surface area contributed by atoms with Crippen molar-refractivity contribution in [2.45, 2.75) is 18.1 Å². The summed E-state index contributed by atoms with van der Waals surface area (Å²) in [6.07, 6.45) is 0. The van der Waals surface area contributed by atoms with Gasteiger partial charge in [0.2, 0.25) is 5.91 Å². The molecule has 26 heavy (non-hydrogen) atoms. The summed E-state index contributed by atoms with van der Waals surface area (Å²) < 4.78 is 1.85. The van der Waals surface area contributed by atoms with Crippen LogP contribution in [0.1, 0.15) is 18.5 Å². The average molecular weight is 387 g/mol. The molecule has 1 N–H and O–H groups in total. The largest absolute Gasteiger partial charge is 0.349 e. The van der Waals surface area contributed by atoms with Gasteiger partial charge in [-0.3, -0.25) is 4.79 Å². The van der Waals surface area contributed by atoms with Crippen molar-refractivity contribution in [2.24, 2.45) is 7.05 Å². The number of nitrogens with one attached hydrogen (secondary N) is 1. The van der Waals surface area contributed by atoms with Gasteiger partial charge >= 0.3 is 0 Å². The molecule has 3 aromatic rings. The Hall–Kier alpha value is -2.31. The number of carbonyl (C=O) groups is 1. The van der Waals surface area contributed by atoms with Gasteiger partial charge in [-0.25, -0.2) is 0 Å². The highest BCUT2D eigenvalue weighted by Crippen LogP contribution is 2.28. The summed E-state index contributed by atoms with van der Waals surface area (Å²) in [4.78, 5) is 12.2. The van der Waals surface area contributed by atoms with Gasteiger partial charge in [0, 0.05) is 12.6 Å². The smallest absolute Gasteiger partial charge is 0.230 e. The molecule has 1 aromatic heterocycles. The summed E-state index contributed by atoms with van der Waals surface area (Å²) >= 11 is 7.58. The average Bonchev–Trinajstić information content (AvgIpc) is 3.01. The quantitative estimate of drug-likeness (QED) is 0.648. The second kappa shape index (κ2) is 8.38. The van der Waals surface area contributed by atoms with E-state index in [2.05, 4.69) is 15.5 Å². The molecule has 0 aliphatic rings. The third-order valence-electron chi connectivity index (χ3n) is 3.96. The fourth-order valence-electron chi connectivity index (χ4n) is 2.56. The Morgan fingerprint density at radius 3 is 2.58 bits per heavy atom. The topological polar surface area (TPSA) is 59.8 Å². The van der Waals surface area contributed by atoms with Crippen LogP contribution in [0.25, 0.3) is 11.4 Å². The second-order valence-corrected chi connectivity index (χ2v) is 7.18. The molecule has 134 valence electrons. The highest BCUT2D eigenvalue weighted by atomic mass is 35.5. The number of aromatic nitrogens is 3. The molecule has 0 aliphatic carbocycles. The molecule has 0 bridgehead atoms. The maximum absolute atomic E-state index is 12.2. The number of carbonyl (C=O) groups excluding carboxylic acids is 1. The van der Waals surface area contributed by atoms with Crippen LogP contribution in [-0.4, -0.2) is 26.4 Å². The highest BCUT2D eigenvalue weighted by molar-refractivity contribution is 7.99. The van der Waals surface area contributed by atoms with Crippen LogP contribution in [0.15, 0.2) is 59.8 Å². The van der Waals surface area contributed by atoms with Crippen LogP contribution in [0.2, 0.25) is 5.02 Å². The Labute approximate surface area is 161 Å². The van der Waals surface area contributed by atoms with Crippen LogP contribution in [0.3, 0.4) is 0 Å². The monoisotopic (exact) mass is 386 g/mol. The minimum absolute atomic E-state index is 0.0394. The van der Waals surface area contributed by atoms with E-state index >= 15 is 0 Å². The fourth-order valence-corrected chi connectivity index (χ4v) is 3.50. The first-order valence-corrected chi connectivity index (χ1v) is 9.54. The lowest BCUT2D eigenvalue weighted by Crippen LogP contribution is -2.28. The molecule has 0 unspecified atom stereocenters. The lowest BCUT2D eigenvalue weighted by Gasteiger charge is -2.14. The molecular weight excluding hydrogens is 368 g/mol.